The third kappa shape index (κ3) is 5.19. The number of carbonyl (C=O) groups is 2. The molecule has 0 bridgehead atoms. The van der Waals surface area contributed by atoms with Crippen LogP contribution in [0.4, 0.5) is 0 Å². The third-order valence-corrected chi connectivity index (χ3v) is 3.52. The Morgan fingerprint density at radius 2 is 1.71 bits per heavy atom. The minimum Gasteiger partial charge on any atom is -0.480 e. The lowest BCUT2D eigenvalue weighted by Crippen LogP contribution is -2.48. The Bertz CT molecular complexity index is 458. The molecule has 5 heteroatoms. The third-order valence-electron chi connectivity index (χ3n) is 3.52. The summed E-state index contributed by atoms with van der Waals surface area (Å²) >= 11 is 0. The molecule has 0 aromatic heterocycles. The lowest BCUT2D eigenvalue weighted by Gasteiger charge is -2.22. The molecule has 2 unspecified atom stereocenters. The zero-order valence-electron chi connectivity index (χ0n) is 12.8. The van der Waals surface area contributed by atoms with Gasteiger partial charge in [-0.15, -0.1) is 0 Å². The monoisotopic (exact) mass is 292 g/mol. The van der Waals surface area contributed by atoms with Gasteiger partial charge in [-0.05, 0) is 25.3 Å². The van der Waals surface area contributed by atoms with Gasteiger partial charge < -0.3 is 10.4 Å². The minimum atomic E-state index is -0.997. The maximum atomic E-state index is 12.1. The molecule has 0 radical (unpaired) electrons. The maximum absolute atomic E-state index is 12.1. The summed E-state index contributed by atoms with van der Waals surface area (Å²) < 4.78 is 0. The Hall–Kier alpha value is -1.88. The van der Waals surface area contributed by atoms with Gasteiger partial charge >= 0.3 is 5.97 Å². The largest absolute Gasteiger partial charge is 0.480 e. The Morgan fingerprint density at radius 3 is 2.19 bits per heavy atom. The molecular formula is C16H24N2O3. The molecule has 116 valence electrons. The van der Waals surface area contributed by atoms with E-state index in [9.17, 15) is 14.7 Å². The maximum Gasteiger partial charge on any atom is 0.325 e. The topological polar surface area (TPSA) is 78.4 Å². The van der Waals surface area contributed by atoms with Crippen molar-refractivity contribution in [2.75, 3.05) is 0 Å². The summed E-state index contributed by atoms with van der Waals surface area (Å²) in [6.07, 6.45) is 1.71. The van der Waals surface area contributed by atoms with Crippen LogP contribution in [0.1, 0.15) is 45.2 Å². The molecule has 3 N–H and O–H groups in total. The molecule has 1 aromatic carbocycles. The fourth-order valence-corrected chi connectivity index (χ4v) is 2.10. The van der Waals surface area contributed by atoms with Gasteiger partial charge in [-0.1, -0.05) is 44.2 Å². The molecule has 0 saturated heterocycles. The lowest BCUT2D eigenvalue weighted by molar-refractivity contribution is -0.140. The summed E-state index contributed by atoms with van der Waals surface area (Å²) in [4.78, 5) is 23.5. The van der Waals surface area contributed by atoms with Crippen LogP contribution in [0.3, 0.4) is 0 Å². The highest BCUT2D eigenvalue weighted by Gasteiger charge is 2.25. The van der Waals surface area contributed by atoms with E-state index in [1.807, 2.05) is 19.9 Å². The van der Waals surface area contributed by atoms with Gasteiger partial charge in [0, 0.05) is 6.04 Å². The van der Waals surface area contributed by atoms with E-state index < -0.39 is 18.1 Å². The number of amides is 1. The van der Waals surface area contributed by atoms with Gasteiger partial charge in [0.05, 0.1) is 6.04 Å². The van der Waals surface area contributed by atoms with Gasteiger partial charge in [0.15, 0.2) is 0 Å². The zero-order valence-corrected chi connectivity index (χ0v) is 12.8. The van der Waals surface area contributed by atoms with E-state index in [4.69, 9.17) is 0 Å². The first-order chi connectivity index (χ1) is 9.99. The highest BCUT2D eigenvalue weighted by atomic mass is 16.4. The Labute approximate surface area is 125 Å². The molecule has 1 aromatic rings. The average Bonchev–Trinajstić information content (AvgIpc) is 2.50. The van der Waals surface area contributed by atoms with Crippen LogP contribution >= 0.6 is 0 Å². The Morgan fingerprint density at radius 1 is 1.14 bits per heavy atom. The second-order valence-electron chi connectivity index (χ2n) is 5.09. The van der Waals surface area contributed by atoms with E-state index in [0.29, 0.717) is 5.56 Å². The molecule has 0 fully saturated rings. The van der Waals surface area contributed by atoms with Gasteiger partial charge in [-0.3, -0.25) is 14.9 Å². The van der Waals surface area contributed by atoms with Crippen molar-refractivity contribution in [3.63, 3.8) is 0 Å². The number of carboxylic acid groups (broad SMARTS) is 1. The standard InChI is InChI=1S/C16H24N2O3/c1-4-13(5-2)18-15(19)11(3)17-14(16(20)21)12-9-7-6-8-10-12/h6-11,13-14,17H,4-5H2,1-3H3,(H,18,19)(H,20,21). The van der Waals surface area contributed by atoms with Crippen molar-refractivity contribution >= 4 is 11.9 Å². The van der Waals surface area contributed by atoms with Crippen LogP contribution in [-0.4, -0.2) is 29.1 Å². The van der Waals surface area contributed by atoms with Crippen molar-refractivity contribution in [1.82, 2.24) is 10.6 Å². The number of carboxylic acids is 1. The smallest absolute Gasteiger partial charge is 0.325 e. The molecule has 0 heterocycles. The average molecular weight is 292 g/mol. The number of benzene rings is 1. The first-order valence-corrected chi connectivity index (χ1v) is 7.33. The summed E-state index contributed by atoms with van der Waals surface area (Å²) in [5.41, 5.74) is 0.632. The van der Waals surface area contributed by atoms with Crippen LogP contribution in [0, 0.1) is 0 Å². The molecule has 1 amide bonds. The normalized spacial score (nSPS) is 13.7. The summed E-state index contributed by atoms with van der Waals surface area (Å²) in [5, 5.41) is 15.1. The Kier molecular flexibility index (Phi) is 6.88. The second-order valence-corrected chi connectivity index (χ2v) is 5.09. The van der Waals surface area contributed by atoms with Crippen LogP contribution in [-0.2, 0) is 9.59 Å². The van der Waals surface area contributed by atoms with E-state index in [1.54, 1.807) is 31.2 Å². The van der Waals surface area contributed by atoms with Crippen molar-refractivity contribution in [3.05, 3.63) is 35.9 Å². The number of rotatable bonds is 8. The number of aliphatic carboxylic acids is 1. The highest BCUT2D eigenvalue weighted by Crippen LogP contribution is 2.13. The van der Waals surface area contributed by atoms with Gasteiger partial charge in [0.25, 0.3) is 0 Å². The molecule has 2 atom stereocenters. The summed E-state index contributed by atoms with van der Waals surface area (Å²) in [7, 11) is 0. The van der Waals surface area contributed by atoms with Crippen molar-refractivity contribution in [2.45, 2.75) is 51.7 Å². The quantitative estimate of drug-likeness (QED) is 0.685. The van der Waals surface area contributed by atoms with E-state index in [1.165, 1.54) is 0 Å². The highest BCUT2D eigenvalue weighted by molar-refractivity contribution is 5.83. The van der Waals surface area contributed by atoms with Gasteiger partial charge in [0.1, 0.15) is 6.04 Å². The van der Waals surface area contributed by atoms with Crippen LogP contribution in [0.15, 0.2) is 30.3 Å². The van der Waals surface area contributed by atoms with Crippen molar-refractivity contribution in [2.24, 2.45) is 0 Å². The first-order valence-electron chi connectivity index (χ1n) is 7.33. The van der Waals surface area contributed by atoms with Crippen LogP contribution in [0.2, 0.25) is 0 Å². The minimum absolute atomic E-state index is 0.127. The van der Waals surface area contributed by atoms with Crippen molar-refractivity contribution in [1.29, 1.82) is 0 Å². The molecule has 1 rings (SSSR count). The molecule has 0 aliphatic heterocycles. The fourth-order valence-electron chi connectivity index (χ4n) is 2.10. The van der Waals surface area contributed by atoms with Crippen LogP contribution in [0.25, 0.3) is 0 Å². The number of hydrogen-bond donors (Lipinski definition) is 3. The van der Waals surface area contributed by atoms with Gasteiger partial charge in [-0.25, -0.2) is 0 Å². The van der Waals surface area contributed by atoms with Crippen LogP contribution < -0.4 is 10.6 Å². The van der Waals surface area contributed by atoms with E-state index >= 15 is 0 Å². The molecule has 0 aliphatic carbocycles. The van der Waals surface area contributed by atoms with E-state index in [0.717, 1.165) is 12.8 Å². The first kappa shape index (κ1) is 17.2. The van der Waals surface area contributed by atoms with Gasteiger partial charge in [0.2, 0.25) is 5.91 Å². The fraction of sp³-hybridized carbons (Fsp3) is 0.500. The zero-order chi connectivity index (χ0) is 15.8. The summed E-state index contributed by atoms with van der Waals surface area (Å²) in [6.45, 7) is 5.70. The van der Waals surface area contributed by atoms with Crippen molar-refractivity contribution in [3.8, 4) is 0 Å². The molecule has 0 saturated carbocycles. The number of nitrogens with one attached hydrogen (secondary N) is 2. The lowest BCUT2D eigenvalue weighted by atomic mass is 10.1. The summed E-state index contributed by atoms with van der Waals surface area (Å²) in [6, 6.07) is 7.51. The van der Waals surface area contributed by atoms with Crippen LogP contribution in [0.5, 0.6) is 0 Å². The molecule has 21 heavy (non-hydrogen) atoms. The Balaban J connectivity index is 2.71. The van der Waals surface area contributed by atoms with Crippen molar-refractivity contribution < 1.29 is 14.7 Å². The molecular weight excluding hydrogens is 268 g/mol. The second kappa shape index (κ2) is 8.42. The molecule has 0 aliphatic rings. The van der Waals surface area contributed by atoms with E-state index in [-0.39, 0.29) is 11.9 Å². The van der Waals surface area contributed by atoms with E-state index in [2.05, 4.69) is 10.6 Å². The predicted molar refractivity (Wildman–Crippen MR) is 81.9 cm³/mol. The number of hydrogen-bond acceptors (Lipinski definition) is 3. The SMILES string of the molecule is CCC(CC)NC(=O)C(C)NC(C(=O)O)c1ccccc1. The molecule has 0 spiro atoms. The predicted octanol–water partition coefficient (Wildman–Crippen LogP) is 2.10. The molecule has 5 nitrogen and oxygen atoms in total. The number of carbonyl (C=O) groups excluding carboxylic acids is 1. The van der Waals surface area contributed by atoms with Gasteiger partial charge in [-0.2, -0.15) is 0 Å². The summed E-state index contributed by atoms with van der Waals surface area (Å²) in [5.74, 6) is -1.17.